The molecule has 1 aromatic carbocycles. The molecule has 116 valence electrons. The van der Waals surface area contributed by atoms with Crippen LogP contribution in [0.2, 0.25) is 0 Å². The summed E-state index contributed by atoms with van der Waals surface area (Å²) >= 11 is 0. The molecule has 1 aromatic rings. The van der Waals surface area contributed by atoms with Crippen LogP contribution < -0.4 is 15.4 Å². The molecule has 0 amide bonds. The third kappa shape index (κ3) is 3.29. The summed E-state index contributed by atoms with van der Waals surface area (Å²) in [6, 6.07) is 7.85. The fourth-order valence-electron chi connectivity index (χ4n) is 3.11. The van der Waals surface area contributed by atoms with E-state index in [1.807, 2.05) is 31.3 Å². The molecule has 2 atom stereocenters. The van der Waals surface area contributed by atoms with E-state index < -0.39 is 11.5 Å². The van der Waals surface area contributed by atoms with Crippen LogP contribution in [0.5, 0.6) is 5.75 Å². The molecule has 2 unspecified atom stereocenters. The summed E-state index contributed by atoms with van der Waals surface area (Å²) in [5.41, 5.74) is 6.09. The molecule has 0 bridgehead atoms. The second-order valence-electron chi connectivity index (χ2n) is 5.85. The second-order valence-corrected chi connectivity index (χ2v) is 5.85. The van der Waals surface area contributed by atoms with Gasteiger partial charge >= 0.3 is 5.97 Å². The first-order valence-corrected chi connectivity index (χ1v) is 7.35. The molecule has 5 nitrogen and oxygen atoms in total. The van der Waals surface area contributed by atoms with Crippen molar-refractivity contribution >= 4 is 11.7 Å². The number of nitrogens with zero attached hydrogens (tertiary/aromatic N) is 1. The highest BCUT2D eigenvalue weighted by Crippen LogP contribution is 2.36. The third-order valence-electron chi connectivity index (χ3n) is 4.58. The van der Waals surface area contributed by atoms with Gasteiger partial charge in [0.25, 0.3) is 0 Å². The number of carbonyl (C=O) groups is 1. The molecule has 21 heavy (non-hydrogen) atoms. The van der Waals surface area contributed by atoms with Gasteiger partial charge in [0.2, 0.25) is 0 Å². The van der Waals surface area contributed by atoms with Crippen LogP contribution in [0.15, 0.2) is 24.3 Å². The highest BCUT2D eigenvalue weighted by Gasteiger charge is 2.45. The lowest BCUT2D eigenvalue weighted by Crippen LogP contribution is -2.51. The highest BCUT2D eigenvalue weighted by molar-refractivity contribution is 5.79. The number of anilines is 1. The number of carboxylic acids is 1. The number of nitrogens with two attached hydrogens (primary N) is 1. The van der Waals surface area contributed by atoms with Crippen LogP contribution in [-0.2, 0) is 4.79 Å². The zero-order valence-corrected chi connectivity index (χ0v) is 12.7. The quantitative estimate of drug-likeness (QED) is 0.840. The summed E-state index contributed by atoms with van der Waals surface area (Å²) in [6.45, 7) is 0.782. The minimum Gasteiger partial charge on any atom is -0.497 e. The Hall–Kier alpha value is -1.75. The van der Waals surface area contributed by atoms with Crippen molar-refractivity contribution in [3.05, 3.63) is 24.3 Å². The summed E-state index contributed by atoms with van der Waals surface area (Å²) in [7, 11) is 3.65. The first kappa shape index (κ1) is 15.6. The lowest BCUT2D eigenvalue weighted by molar-refractivity contribution is -0.144. The van der Waals surface area contributed by atoms with Crippen molar-refractivity contribution in [2.75, 3.05) is 25.6 Å². The number of rotatable bonds is 6. The number of hydrogen-bond acceptors (Lipinski definition) is 4. The minimum atomic E-state index is -1.05. The Morgan fingerprint density at radius 2 is 2.33 bits per heavy atom. The molecule has 0 saturated heterocycles. The maximum Gasteiger partial charge on any atom is 0.323 e. The number of benzene rings is 1. The van der Waals surface area contributed by atoms with Crippen LogP contribution >= 0.6 is 0 Å². The van der Waals surface area contributed by atoms with E-state index in [4.69, 9.17) is 10.5 Å². The topological polar surface area (TPSA) is 75.8 Å². The van der Waals surface area contributed by atoms with Crippen molar-refractivity contribution in [2.45, 2.75) is 31.2 Å². The van der Waals surface area contributed by atoms with Crippen molar-refractivity contribution < 1.29 is 14.6 Å². The Kier molecular flexibility index (Phi) is 4.73. The standard InChI is InChI=1S/C16H24N2O3/c1-18(13-6-3-7-14(11-13)21-2)10-8-12-5-4-9-16(12,17)15(19)20/h3,6-7,11-12H,4-5,8-10,17H2,1-2H3,(H,19,20). The summed E-state index contributed by atoms with van der Waals surface area (Å²) in [4.78, 5) is 13.5. The van der Waals surface area contributed by atoms with Crippen molar-refractivity contribution in [3.8, 4) is 5.75 Å². The molecule has 0 aromatic heterocycles. The molecule has 0 heterocycles. The summed E-state index contributed by atoms with van der Waals surface area (Å²) in [6.07, 6.45) is 3.16. The maximum atomic E-state index is 11.4. The van der Waals surface area contributed by atoms with E-state index in [9.17, 15) is 9.90 Å². The van der Waals surface area contributed by atoms with Gasteiger partial charge in [-0.3, -0.25) is 4.79 Å². The Bertz CT molecular complexity index is 506. The van der Waals surface area contributed by atoms with E-state index in [0.29, 0.717) is 6.42 Å². The van der Waals surface area contributed by atoms with E-state index in [1.54, 1.807) is 7.11 Å². The van der Waals surface area contributed by atoms with E-state index in [2.05, 4.69) is 4.90 Å². The fraction of sp³-hybridized carbons (Fsp3) is 0.562. The molecular weight excluding hydrogens is 268 g/mol. The van der Waals surface area contributed by atoms with Crippen LogP contribution in [0, 0.1) is 5.92 Å². The van der Waals surface area contributed by atoms with Crippen LogP contribution in [0.4, 0.5) is 5.69 Å². The summed E-state index contributed by atoms with van der Waals surface area (Å²) in [5.74, 6) is -0.00369. The molecule has 0 aliphatic heterocycles. The van der Waals surface area contributed by atoms with E-state index in [-0.39, 0.29) is 5.92 Å². The number of ether oxygens (including phenoxy) is 1. The Morgan fingerprint density at radius 3 is 3.00 bits per heavy atom. The zero-order chi connectivity index (χ0) is 15.5. The zero-order valence-electron chi connectivity index (χ0n) is 12.7. The molecule has 1 aliphatic carbocycles. The number of hydrogen-bond donors (Lipinski definition) is 2. The minimum absolute atomic E-state index is 0.0445. The van der Waals surface area contributed by atoms with Gasteiger partial charge < -0.3 is 20.5 Å². The van der Waals surface area contributed by atoms with E-state index in [0.717, 1.165) is 37.2 Å². The predicted molar refractivity (Wildman–Crippen MR) is 82.8 cm³/mol. The predicted octanol–water partition coefficient (Wildman–Crippen LogP) is 2.10. The lowest BCUT2D eigenvalue weighted by Gasteiger charge is -2.29. The number of aliphatic carboxylic acids is 1. The second kappa shape index (κ2) is 6.35. The van der Waals surface area contributed by atoms with Crippen molar-refractivity contribution in [1.29, 1.82) is 0 Å². The molecule has 0 spiro atoms. The first-order chi connectivity index (χ1) is 9.97. The Morgan fingerprint density at radius 1 is 1.57 bits per heavy atom. The van der Waals surface area contributed by atoms with Gasteiger partial charge in [-0.2, -0.15) is 0 Å². The molecular formula is C16H24N2O3. The van der Waals surface area contributed by atoms with Crippen molar-refractivity contribution in [3.63, 3.8) is 0 Å². The molecule has 2 rings (SSSR count). The number of methoxy groups -OCH3 is 1. The average molecular weight is 292 g/mol. The first-order valence-electron chi connectivity index (χ1n) is 7.35. The average Bonchev–Trinajstić information content (AvgIpc) is 2.87. The Labute approximate surface area is 125 Å². The molecule has 1 saturated carbocycles. The fourth-order valence-corrected chi connectivity index (χ4v) is 3.11. The summed E-state index contributed by atoms with van der Waals surface area (Å²) < 4.78 is 5.22. The van der Waals surface area contributed by atoms with Crippen LogP contribution in [-0.4, -0.2) is 37.3 Å². The van der Waals surface area contributed by atoms with Gasteiger partial charge in [0, 0.05) is 25.3 Å². The van der Waals surface area contributed by atoms with Crippen LogP contribution in [0.3, 0.4) is 0 Å². The highest BCUT2D eigenvalue weighted by atomic mass is 16.5. The smallest absolute Gasteiger partial charge is 0.323 e. The SMILES string of the molecule is COc1cccc(N(C)CCC2CCCC2(N)C(=O)O)c1. The monoisotopic (exact) mass is 292 g/mol. The Balaban J connectivity index is 1.97. The van der Waals surface area contributed by atoms with Gasteiger partial charge in [0.05, 0.1) is 7.11 Å². The number of carboxylic acid groups (broad SMARTS) is 1. The van der Waals surface area contributed by atoms with Crippen LogP contribution in [0.1, 0.15) is 25.7 Å². The van der Waals surface area contributed by atoms with Gasteiger partial charge in [0.1, 0.15) is 11.3 Å². The largest absolute Gasteiger partial charge is 0.497 e. The maximum absolute atomic E-state index is 11.4. The van der Waals surface area contributed by atoms with Crippen LogP contribution in [0.25, 0.3) is 0 Å². The summed E-state index contributed by atoms with van der Waals surface area (Å²) in [5, 5.41) is 9.34. The molecule has 3 N–H and O–H groups in total. The van der Waals surface area contributed by atoms with Gasteiger partial charge in [-0.15, -0.1) is 0 Å². The van der Waals surface area contributed by atoms with Gasteiger partial charge in [-0.25, -0.2) is 0 Å². The van der Waals surface area contributed by atoms with E-state index in [1.165, 1.54) is 0 Å². The lowest BCUT2D eigenvalue weighted by atomic mass is 9.85. The molecule has 1 aliphatic rings. The normalized spacial score (nSPS) is 24.8. The van der Waals surface area contributed by atoms with Gasteiger partial charge in [0.15, 0.2) is 0 Å². The third-order valence-corrected chi connectivity index (χ3v) is 4.58. The van der Waals surface area contributed by atoms with E-state index >= 15 is 0 Å². The molecule has 5 heteroatoms. The molecule has 1 fully saturated rings. The van der Waals surface area contributed by atoms with Gasteiger partial charge in [-0.1, -0.05) is 12.5 Å². The van der Waals surface area contributed by atoms with Crippen molar-refractivity contribution in [1.82, 2.24) is 0 Å². The van der Waals surface area contributed by atoms with Crippen molar-refractivity contribution in [2.24, 2.45) is 11.7 Å². The van der Waals surface area contributed by atoms with Gasteiger partial charge in [-0.05, 0) is 37.3 Å². The molecule has 0 radical (unpaired) electrons.